The molecule has 1 N–H and O–H groups in total. The van der Waals surface area contributed by atoms with E-state index >= 15 is 0 Å². The van der Waals surface area contributed by atoms with Crippen LogP contribution in [0.4, 0.5) is 0 Å². The van der Waals surface area contributed by atoms with Crippen molar-refractivity contribution in [2.24, 2.45) is 0 Å². The lowest BCUT2D eigenvalue weighted by Crippen LogP contribution is -2.40. The van der Waals surface area contributed by atoms with Crippen LogP contribution in [0.15, 0.2) is 30.6 Å². The number of aryl methyl sites for hydroxylation is 2. The summed E-state index contributed by atoms with van der Waals surface area (Å²) in [5, 5.41) is 20.6. The molecule has 1 fully saturated rings. The molecule has 1 aromatic carbocycles. The average Bonchev–Trinajstić information content (AvgIpc) is 3.09. The van der Waals surface area contributed by atoms with Crippen LogP contribution in [0.2, 0.25) is 0 Å². The van der Waals surface area contributed by atoms with Crippen LogP contribution in [0, 0.1) is 0 Å². The molecule has 1 aromatic heterocycles. The van der Waals surface area contributed by atoms with Crippen molar-refractivity contribution in [2.75, 3.05) is 13.1 Å². The Labute approximate surface area is 137 Å². The monoisotopic (exact) mass is 315 g/mol. The summed E-state index contributed by atoms with van der Waals surface area (Å²) in [6, 6.07) is 8.28. The van der Waals surface area contributed by atoms with Gasteiger partial charge in [-0.2, -0.15) is 0 Å². The van der Waals surface area contributed by atoms with E-state index in [4.69, 9.17) is 0 Å². The highest BCUT2D eigenvalue weighted by molar-refractivity contribution is 5.25. The number of aromatic hydroxyl groups is 1. The van der Waals surface area contributed by atoms with Crippen LogP contribution in [-0.2, 0) is 13.0 Å². The van der Waals surface area contributed by atoms with Gasteiger partial charge in [-0.1, -0.05) is 18.6 Å². The lowest BCUT2D eigenvalue weighted by molar-refractivity contribution is 0.136. The summed E-state index contributed by atoms with van der Waals surface area (Å²) in [6.07, 6.45) is 8.97. The third-order valence-electron chi connectivity index (χ3n) is 4.68. The molecular formula is C17H25N5O. The molecule has 1 saturated heterocycles. The van der Waals surface area contributed by atoms with E-state index < -0.39 is 0 Å². The summed E-state index contributed by atoms with van der Waals surface area (Å²) in [5.41, 5.74) is 1.31. The Balaban J connectivity index is 1.46. The molecule has 1 aliphatic rings. The summed E-state index contributed by atoms with van der Waals surface area (Å²) >= 11 is 0. The van der Waals surface area contributed by atoms with Gasteiger partial charge in [0.1, 0.15) is 12.1 Å². The first-order valence-corrected chi connectivity index (χ1v) is 8.54. The maximum atomic E-state index is 9.37. The third kappa shape index (κ3) is 4.76. The molecule has 2 heterocycles. The van der Waals surface area contributed by atoms with Gasteiger partial charge in [-0.05, 0) is 66.8 Å². The Morgan fingerprint density at radius 3 is 2.78 bits per heavy atom. The van der Waals surface area contributed by atoms with Gasteiger partial charge in [-0.25, -0.2) is 4.68 Å². The zero-order valence-corrected chi connectivity index (χ0v) is 13.5. The second kappa shape index (κ2) is 8.06. The van der Waals surface area contributed by atoms with Gasteiger partial charge in [0.25, 0.3) is 0 Å². The van der Waals surface area contributed by atoms with Gasteiger partial charge in [0, 0.05) is 19.1 Å². The van der Waals surface area contributed by atoms with E-state index in [9.17, 15) is 5.11 Å². The first-order chi connectivity index (χ1) is 11.3. The summed E-state index contributed by atoms with van der Waals surface area (Å²) in [5.74, 6) is 0.343. The largest absolute Gasteiger partial charge is 0.508 e. The number of benzene rings is 1. The van der Waals surface area contributed by atoms with E-state index in [-0.39, 0.29) is 0 Å². The molecule has 23 heavy (non-hydrogen) atoms. The summed E-state index contributed by atoms with van der Waals surface area (Å²) in [6.45, 7) is 3.20. The third-order valence-corrected chi connectivity index (χ3v) is 4.68. The predicted molar refractivity (Wildman–Crippen MR) is 88.1 cm³/mol. The van der Waals surface area contributed by atoms with Crippen molar-refractivity contribution in [2.45, 2.75) is 51.1 Å². The fraction of sp³-hybridized carbons (Fsp3) is 0.588. The topological polar surface area (TPSA) is 67.1 Å². The molecule has 0 unspecified atom stereocenters. The first-order valence-electron chi connectivity index (χ1n) is 8.54. The molecule has 6 nitrogen and oxygen atoms in total. The van der Waals surface area contributed by atoms with Crippen molar-refractivity contribution in [3.63, 3.8) is 0 Å². The molecule has 0 saturated carbocycles. The molecule has 0 bridgehead atoms. The number of nitrogens with zero attached hydrogens (tertiary/aromatic N) is 5. The van der Waals surface area contributed by atoms with Gasteiger partial charge in [-0.15, -0.1) is 5.10 Å². The maximum Gasteiger partial charge on any atom is 0.138 e. The maximum absolute atomic E-state index is 9.37. The zero-order chi connectivity index (χ0) is 15.9. The molecule has 0 spiro atoms. The molecule has 6 heteroatoms. The van der Waals surface area contributed by atoms with E-state index in [0.29, 0.717) is 11.8 Å². The first kappa shape index (κ1) is 15.9. The lowest BCUT2D eigenvalue weighted by Gasteiger charge is -2.36. The number of hydrogen-bond donors (Lipinski definition) is 1. The highest BCUT2D eigenvalue weighted by Crippen LogP contribution is 2.22. The molecule has 2 aromatic rings. The van der Waals surface area contributed by atoms with Gasteiger partial charge in [0.15, 0.2) is 0 Å². The fourth-order valence-electron chi connectivity index (χ4n) is 3.40. The summed E-state index contributed by atoms with van der Waals surface area (Å²) < 4.78 is 1.80. The number of likely N-dealkylation sites (tertiary alicyclic amines) is 1. The van der Waals surface area contributed by atoms with E-state index in [1.54, 1.807) is 23.1 Å². The van der Waals surface area contributed by atoms with Gasteiger partial charge < -0.3 is 10.0 Å². The minimum Gasteiger partial charge on any atom is -0.508 e. The normalized spacial score (nSPS) is 19.0. The van der Waals surface area contributed by atoms with Gasteiger partial charge in [0.2, 0.25) is 0 Å². The number of hydrogen-bond acceptors (Lipinski definition) is 5. The molecule has 3 rings (SSSR count). The molecule has 1 aliphatic heterocycles. The Morgan fingerprint density at radius 2 is 2.00 bits per heavy atom. The number of rotatable bonds is 7. The van der Waals surface area contributed by atoms with Crippen molar-refractivity contribution in [3.8, 4) is 5.75 Å². The second-order valence-corrected chi connectivity index (χ2v) is 6.32. The SMILES string of the molecule is Oc1ccc(CC[C@@H]2CCCCN2CCCn2cnnn2)cc1. The summed E-state index contributed by atoms with van der Waals surface area (Å²) in [4.78, 5) is 2.63. The van der Waals surface area contributed by atoms with Gasteiger partial charge in [-0.3, -0.25) is 0 Å². The van der Waals surface area contributed by atoms with E-state index in [1.807, 2.05) is 12.1 Å². The van der Waals surface area contributed by atoms with Crippen LogP contribution in [0.1, 0.15) is 37.7 Å². The van der Waals surface area contributed by atoms with Gasteiger partial charge in [0.05, 0.1) is 0 Å². The minimum atomic E-state index is 0.343. The van der Waals surface area contributed by atoms with Gasteiger partial charge >= 0.3 is 0 Å². The minimum absolute atomic E-state index is 0.343. The Kier molecular flexibility index (Phi) is 5.58. The number of tetrazole rings is 1. The smallest absolute Gasteiger partial charge is 0.138 e. The number of phenolic OH excluding ortho intramolecular Hbond substituents is 1. The molecule has 124 valence electrons. The van der Waals surface area contributed by atoms with Crippen LogP contribution >= 0.6 is 0 Å². The standard InChI is InChI=1S/C17H25N5O/c23-17-9-6-15(7-10-17)5-8-16-4-1-2-11-21(16)12-3-13-22-14-18-19-20-22/h6-7,9-10,14,16,23H,1-5,8,11-13H2/t16-/m0/s1. The van der Waals surface area contributed by atoms with Crippen molar-refractivity contribution in [3.05, 3.63) is 36.2 Å². The molecule has 0 amide bonds. The van der Waals surface area contributed by atoms with Crippen molar-refractivity contribution < 1.29 is 5.11 Å². The van der Waals surface area contributed by atoms with Crippen LogP contribution in [0.25, 0.3) is 0 Å². The Bertz CT molecular complexity index is 569. The van der Waals surface area contributed by atoms with Crippen LogP contribution in [0.5, 0.6) is 5.75 Å². The van der Waals surface area contributed by atoms with Crippen LogP contribution < -0.4 is 0 Å². The van der Waals surface area contributed by atoms with Crippen molar-refractivity contribution in [1.29, 1.82) is 0 Å². The van der Waals surface area contributed by atoms with Crippen LogP contribution in [-0.4, -0.2) is 49.3 Å². The van der Waals surface area contributed by atoms with E-state index in [0.717, 1.165) is 25.9 Å². The molecule has 0 radical (unpaired) electrons. The van der Waals surface area contributed by atoms with Crippen LogP contribution in [0.3, 0.4) is 0 Å². The van der Waals surface area contributed by atoms with E-state index in [2.05, 4.69) is 20.4 Å². The predicted octanol–water partition coefficient (Wildman–Crippen LogP) is 2.26. The zero-order valence-electron chi connectivity index (χ0n) is 13.5. The molecule has 0 aliphatic carbocycles. The Morgan fingerprint density at radius 1 is 1.13 bits per heavy atom. The average molecular weight is 315 g/mol. The summed E-state index contributed by atoms with van der Waals surface area (Å²) in [7, 11) is 0. The highest BCUT2D eigenvalue weighted by Gasteiger charge is 2.21. The van der Waals surface area contributed by atoms with E-state index in [1.165, 1.54) is 37.8 Å². The van der Waals surface area contributed by atoms with Crippen molar-refractivity contribution in [1.82, 2.24) is 25.1 Å². The highest BCUT2D eigenvalue weighted by atomic mass is 16.3. The lowest BCUT2D eigenvalue weighted by atomic mass is 9.95. The number of phenols is 1. The molecular weight excluding hydrogens is 290 g/mol. The molecule has 1 atom stereocenters. The van der Waals surface area contributed by atoms with Crippen molar-refractivity contribution >= 4 is 0 Å². The number of piperidine rings is 1. The Hall–Kier alpha value is -1.95. The second-order valence-electron chi connectivity index (χ2n) is 6.32. The number of aromatic nitrogens is 4. The quantitative estimate of drug-likeness (QED) is 0.849. The fourth-order valence-corrected chi connectivity index (χ4v) is 3.40.